The second-order valence-corrected chi connectivity index (χ2v) is 7.67. The van der Waals surface area contributed by atoms with Crippen molar-refractivity contribution in [3.8, 4) is 11.5 Å². The summed E-state index contributed by atoms with van der Waals surface area (Å²) in [5.41, 5.74) is 2.30. The van der Waals surface area contributed by atoms with E-state index in [1.165, 1.54) is 4.88 Å². The van der Waals surface area contributed by atoms with Crippen LogP contribution in [0.15, 0.2) is 54.7 Å². The maximum absolute atomic E-state index is 5.97. The van der Waals surface area contributed by atoms with Gasteiger partial charge >= 0.3 is 0 Å². The summed E-state index contributed by atoms with van der Waals surface area (Å²) in [5, 5.41) is 4.64. The molecule has 0 aliphatic rings. The summed E-state index contributed by atoms with van der Waals surface area (Å²) in [6.07, 6.45) is 1.92. The van der Waals surface area contributed by atoms with E-state index in [-0.39, 0.29) is 6.04 Å². The SMILES string of the molecule is CCOc1cc(CNC(C)c2ncc(C)s2)ccc1OCc1ccccc1. The quantitative estimate of drug-likeness (QED) is 0.547. The van der Waals surface area contributed by atoms with Crippen LogP contribution in [-0.4, -0.2) is 11.6 Å². The Kier molecular flexibility index (Phi) is 6.85. The molecule has 0 spiro atoms. The standard InChI is InChI=1S/C22H26N2O2S/c1-4-25-21-12-19(14-23-17(3)22-24-13-16(2)27-22)10-11-20(21)26-15-18-8-6-5-7-9-18/h5-13,17,23H,4,14-15H2,1-3H3. The zero-order chi connectivity index (χ0) is 19.1. The molecule has 0 radical (unpaired) electrons. The van der Waals surface area contributed by atoms with Crippen molar-refractivity contribution in [3.63, 3.8) is 0 Å². The van der Waals surface area contributed by atoms with Crippen molar-refractivity contribution < 1.29 is 9.47 Å². The molecule has 4 nitrogen and oxygen atoms in total. The number of thiazole rings is 1. The second-order valence-electron chi connectivity index (χ2n) is 6.40. The predicted molar refractivity (Wildman–Crippen MR) is 110 cm³/mol. The molecular weight excluding hydrogens is 356 g/mol. The number of nitrogens with zero attached hydrogens (tertiary/aromatic N) is 1. The van der Waals surface area contributed by atoms with Crippen LogP contribution in [0.2, 0.25) is 0 Å². The van der Waals surface area contributed by atoms with Gasteiger partial charge in [-0.2, -0.15) is 0 Å². The van der Waals surface area contributed by atoms with Gasteiger partial charge in [0, 0.05) is 17.6 Å². The fourth-order valence-corrected chi connectivity index (χ4v) is 3.52. The second kappa shape index (κ2) is 9.53. The lowest BCUT2D eigenvalue weighted by Crippen LogP contribution is -2.18. The first-order valence-electron chi connectivity index (χ1n) is 9.24. The summed E-state index contributed by atoms with van der Waals surface area (Å²) < 4.78 is 11.8. The number of hydrogen-bond acceptors (Lipinski definition) is 5. The van der Waals surface area contributed by atoms with Gasteiger partial charge < -0.3 is 14.8 Å². The predicted octanol–water partition coefficient (Wildman–Crippen LogP) is 5.28. The molecule has 1 unspecified atom stereocenters. The number of rotatable bonds is 9. The van der Waals surface area contributed by atoms with E-state index >= 15 is 0 Å². The summed E-state index contributed by atoms with van der Waals surface area (Å²) in [4.78, 5) is 5.69. The molecule has 0 saturated heterocycles. The minimum Gasteiger partial charge on any atom is -0.490 e. The molecule has 1 atom stereocenters. The van der Waals surface area contributed by atoms with Crippen LogP contribution in [0, 0.1) is 6.92 Å². The molecule has 1 heterocycles. The monoisotopic (exact) mass is 382 g/mol. The Labute approximate surface area is 165 Å². The summed E-state index contributed by atoms with van der Waals surface area (Å²) in [5.74, 6) is 1.55. The van der Waals surface area contributed by atoms with Crippen LogP contribution in [0.5, 0.6) is 11.5 Å². The third-order valence-electron chi connectivity index (χ3n) is 4.17. The zero-order valence-electron chi connectivity index (χ0n) is 16.1. The van der Waals surface area contributed by atoms with E-state index in [9.17, 15) is 0 Å². The van der Waals surface area contributed by atoms with Crippen LogP contribution in [0.4, 0.5) is 0 Å². The molecule has 0 bridgehead atoms. The van der Waals surface area contributed by atoms with Gasteiger partial charge in [-0.3, -0.25) is 0 Å². The summed E-state index contributed by atoms with van der Waals surface area (Å²) >= 11 is 1.73. The number of nitrogens with one attached hydrogen (secondary N) is 1. The van der Waals surface area contributed by atoms with Gasteiger partial charge in [0.1, 0.15) is 11.6 Å². The molecule has 5 heteroatoms. The Bertz CT molecular complexity index is 849. The molecule has 0 saturated carbocycles. The first kappa shape index (κ1) is 19.4. The highest BCUT2D eigenvalue weighted by atomic mass is 32.1. The van der Waals surface area contributed by atoms with E-state index in [1.54, 1.807) is 11.3 Å². The molecule has 142 valence electrons. The largest absolute Gasteiger partial charge is 0.490 e. The normalized spacial score (nSPS) is 12.0. The van der Waals surface area contributed by atoms with Gasteiger partial charge in [-0.05, 0) is 44.0 Å². The van der Waals surface area contributed by atoms with Gasteiger partial charge in [0.25, 0.3) is 0 Å². The Morgan fingerprint density at radius 3 is 2.56 bits per heavy atom. The highest BCUT2D eigenvalue weighted by molar-refractivity contribution is 7.11. The van der Waals surface area contributed by atoms with Crippen LogP contribution in [0.1, 0.15) is 40.9 Å². The number of benzene rings is 2. The van der Waals surface area contributed by atoms with E-state index in [0.29, 0.717) is 13.2 Å². The molecule has 0 fully saturated rings. The van der Waals surface area contributed by atoms with Crippen molar-refractivity contribution in [3.05, 3.63) is 75.7 Å². The number of hydrogen-bond donors (Lipinski definition) is 1. The average molecular weight is 383 g/mol. The van der Waals surface area contributed by atoms with Crippen LogP contribution in [0.25, 0.3) is 0 Å². The lowest BCUT2D eigenvalue weighted by molar-refractivity contribution is 0.269. The maximum Gasteiger partial charge on any atom is 0.161 e. The molecule has 0 aliphatic heterocycles. The smallest absolute Gasteiger partial charge is 0.161 e. The topological polar surface area (TPSA) is 43.4 Å². The molecule has 0 aliphatic carbocycles. The van der Waals surface area contributed by atoms with Crippen molar-refractivity contribution in [2.24, 2.45) is 0 Å². The fraction of sp³-hybridized carbons (Fsp3) is 0.318. The van der Waals surface area contributed by atoms with E-state index in [0.717, 1.165) is 34.2 Å². The minimum atomic E-state index is 0.216. The fourth-order valence-electron chi connectivity index (χ4n) is 2.72. The Balaban J connectivity index is 1.63. The first-order chi connectivity index (χ1) is 13.2. The van der Waals surface area contributed by atoms with Crippen molar-refractivity contribution >= 4 is 11.3 Å². The third kappa shape index (κ3) is 5.55. The molecule has 1 N–H and O–H groups in total. The Morgan fingerprint density at radius 1 is 1.04 bits per heavy atom. The van der Waals surface area contributed by atoms with E-state index < -0.39 is 0 Å². The van der Waals surface area contributed by atoms with Crippen LogP contribution < -0.4 is 14.8 Å². The lowest BCUT2D eigenvalue weighted by atomic mass is 10.2. The van der Waals surface area contributed by atoms with Gasteiger partial charge in [-0.1, -0.05) is 36.4 Å². The molecule has 0 amide bonds. The van der Waals surface area contributed by atoms with Gasteiger partial charge in [-0.15, -0.1) is 11.3 Å². The molecule has 2 aromatic carbocycles. The first-order valence-corrected chi connectivity index (χ1v) is 10.1. The minimum absolute atomic E-state index is 0.216. The van der Waals surface area contributed by atoms with E-state index in [2.05, 4.69) is 48.4 Å². The number of aromatic nitrogens is 1. The Morgan fingerprint density at radius 2 is 1.85 bits per heavy atom. The maximum atomic E-state index is 5.97. The third-order valence-corrected chi connectivity index (χ3v) is 5.26. The van der Waals surface area contributed by atoms with E-state index in [1.807, 2.05) is 37.4 Å². The highest BCUT2D eigenvalue weighted by Crippen LogP contribution is 2.29. The van der Waals surface area contributed by atoms with Gasteiger partial charge in [0.05, 0.1) is 12.6 Å². The van der Waals surface area contributed by atoms with Crippen molar-refractivity contribution in [2.45, 2.75) is 40.0 Å². The van der Waals surface area contributed by atoms with Crippen LogP contribution >= 0.6 is 11.3 Å². The van der Waals surface area contributed by atoms with Gasteiger partial charge in [-0.25, -0.2) is 4.98 Å². The van der Waals surface area contributed by atoms with E-state index in [4.69, 9.17) is 9.47 Å². The van der Waals surface area contributed by atoms with Crippen molar-refractivity contribution in [2.75, 3.05) is 6.61 Å². The highest BCUT2D eigenvalue weighted by Gasteiger charge is 2.11. The molecule has 1 aromatic heterocycles. The van der Waals surface area contributed by atoms with Crippen LogP contribution in [-0.2, 0) is 13.2 Å². The van der Waals surface area contributed by atoms with Crippen molar-refractivity contribution in [1.82, 2.24) is 10.3 Å². The van der Waals surface area contributed by atoms with Crippen molar-refractivity contribution in [1.29, 1.82) is 0 Å². The van der Waals surface area contributed by atoms with Crippen LogP contribution in [0.3, 0.4) is 0 Å². The molecule has 3 rings (SSSR count). The lowest BCUT2D eigenvalue weighted by Gasteiger charge is -2.15. The number of ether oxygens (including phenoxy) is 2. The zero-order valence-corrected chi connectivity index (χ0v) is 16.9. The summed E-state index contributed by atoms with van der Waals surface area (Å²) in [6.45, 7) is 8.08. The summed E-state index contributed by atoms with van der Waals surface area (Å²) in [7, 11) is 0. The molecule has 3 aromatic rings. The molecular formula is C22H26N2O2S. The average Bonchev–Trinajstić information content (AvgIpc) is 3.13. The molecule has 27 heavy (non-hydrogen) atoms. The van der Waals surface area contributed by atoms with Gasteiger partial charge in [0.15, 0.2) is 11.5 Å². The van der Waals surface area contributed by atoms with Gasteiger partial charge in [0.2, 0.25) is 0 Å². The summed E-state index contributed by atoms with van der Waals surface area (Å²) in [6, 6.07) is 16.5. The Hall–Kier alpha value is -2.37. The number of aryl methyl sites for hydroxylation is 1.